The summed E-state index contributed by atoms with van der Waals surface area (Å²) in [5.74, 6) is 0.676. The van der Waals surface area contributed by atoms with Crippen molar-refractivity contribution in [2.24, 2.45) is 0 Å². The van der Waals surface area contributed by atoms with Crippen LogP contribution in [0.2, 0.25) is 5.02 Å². The van der Waals surface area contributed by atoms with E-state index in [0.29, 0.717) is 43.4 Å². The molecule has 0 saturated carbocycles. The Morgan fingerprint density at radius 2 is 2.00 bits per heavy atom. The number of hydrogen-bond acceptors (Lipinski definition) is 3. The van der Waals surface area contributed by atoms with Crippen molar-refractivity contribution in [3.8, 4) is 5.75 Å². The minimum absolute atomic E-state index is 0.0601. The lowest BCUT2D eigenvalue weighted by Gasteiger charge is -2.32. The van der Waals surface area contributed by atoms with E-state index in [4.69, 9.17) is 16.3 Å². The minimum Gasteiger partial charge on any atom is -0.495 e. The Morgan fingerprint density at radius 3 is 2.57 bits per heavy atom. The second kappa shape index (κ2) is 6.80. The van der Waals surface area contributed by atoms with Crippen LogP contribution in [0.1, 0.15) is 11.1 Å². The molecule has 1 aromatic rings. The standard InChI is InChI=1S/C15H19ClN2O3/c1-11-7-14(21-2)13(16)8-12(11)9-15(20)18-5-3-17(10-19)4-6-18/h7-8,10H,3-6,9H2,1-2H3. The van der Waals surface area contributed by atoms with Gasteiger partial charge >= 0.3 is 0 Å². The van der Waals surface area contributed by atoms with Crippen molar-refractivity contribution in [1.82, 2.24) is 9.80 Å². The molecular weight excluding hydrogens is 292 g/mol. The first-order valence-electron chi connectivity index (χ1n) is 6.85. The van der Waals surface area contributed by atoms with Gasteiger partial charge < -0.3 is 14.5 Å². The Hall–Kier alpha value is -1.75. The summed E-state index contributed by atoms with van der Waals surface area (Å²) in [6.07, 6.45) is 1.14. The number of ether oxygens (including phenoxy) is 1. The Bertz CT molecular complexity index is 540. The Balaban J connectivity index is 2.03. The lowest BCUT2D eigenvalue weighted by Crippen LogP contribution is -2.48. The fraction of sp³-hybridized carbons (Fsp3) is 0.467. The zero-order valence-electron chi connectivity index (χ0n) is 12.3. The van der Waals surface area contributed by atoms with Crippen LogP contribution < -0.4 is 4.74 Å². The molecule has 0 radical (unpaired) electrons. The lowest BCUT2D eigenvalue weighted by atomic mass is 10.0. The van der Waals surface area contributed by atoms with Gasteiger partial charge in [-0.05, 0) is 30.2 Å². The molecule has 2 amide bonds. The number of aryl methyl sites for hydroxylation is 1. The average molecular weight is 311 g/mol. The van der Waals surface area contributed by atoms with Crippen molar-refractivity contribution in [1.29, 1.82) is 0 Å². The lowest BCUT2D eigenvalue weighted by molar-refractivity contribution is -0.134. The van der Waals surface area contributed by atoms with Gasteiger partial charge in [0.1, 0.15) is 5.75 Å². The summed E-state index contributed by atoms with van der Waals surface area (Å²) in [7, 11) is 1.57. The molecule has 0 unspecified atom stereocenters. The van der Waals surface area contributed by atoms with Crippen molar-refractivity contribution in [3.05, 3.63) is 28.3 Å². The van der Waals surface area contributed by atoms with Crippen LogP contribution in [0.3, 0.4) is 0 Å². The van der Waals surface area contributed by atoms with Crippen LogP contribution >= 0.6 is 11.6 Å². The number of benzene rings is 1. The topological polar surface area (TPSA) is 49.9 Å². The summed E-state index contributed by atoms with van der Waals surface area (Å²) in [4.78, 5) is 26.5. The average Bonchev–Trinajstić information content (AvgIpc) is 2.50. The Labute approximate surface area is 129 Å². The van der Waals surface area contributed by atoms with Gasteiger partial charge in [0.05, 0.1) is 18.6 Å². The molecule has 5 nitrogen and oxygen atoms in total. The quantitative estimate of drug-likeness (QED) is 0.792. The number of amides is 2. The highest BCUT2D eigenvalue weighted by atomic mass is 35.5. The summed E-state index contributed by atoms with van der Waals surface area (Å²) >= 11 is 6.11. The summed E-state index contributed by atoms with van der Waals surface area (Å²) in [5.41, 5.74) is 1.89. The highest BCUT2D eigenvalue weighted by molar-refractivity contribution is 6.32. The van der Waals surface area contributed by atoms with Crippen LogP contribution in [0.15, 0.2) is 12.1 Å². The first kappa shape index (κ1) is 15.6. The van der Waals surface area contributed by atoms with E-state index in [-0.39, 0.29) is 5.91 Å². The predicted molar refractivity (Wildman–Crippen MR) is 80.7 cm³/mol. The van der Waals surface area contributed by atoms with Crippen LogP contribution in [0, 0.1) is 6.92 Å². The van der Waals surface area contributed by atoms with Gasteiger partial charge in [0, 0.05) is 26.2 Å². The maximum Gasteiger partial charge on any atom is 0.227 e. The molecule has 1 fully saturated rings. The van der Waals surface area contributed by atoms with Crippen molar-refractivity contribution in [3.63, 3.8) is 0 Å². The number of carbonyl (C=O) groups excluding carboxylic acids is 2. The third-order valence-corrected chi connectivity index (χ3v) is 4.06. The zero-order chi connectivity index (χ0) is 15.4. The number of nitrogens with zero attached hydrogens (tertiary/aromatic N) is 2. The normalized spacial score (nSPS) is 15.0. The van der Waals surface area contributed by atoms with Crippen LogP contribution in [0.25, 0.3) is 0 Å². The fourth-order valence-electron chi connectivity index (χ4n) is 2.39. The summed E-state index contributed by atoms with van der Waals surface area (Å²) in [6, 6.07) is 3.63. The van der Waals surface area contributed by atoms with E-state index in [9.17, 15) is 9.59 Å². The van der Waals surface area contributed by atoms with Crippen molar-refractivity contribution in [2.45, 2.75) is 13.3 Å². The maximum atomic E-state index is 12.3. The van der Waals surface area contributed by atoms with Crippen LogP contribution in [-0.2, 0) is 16.0 Å². The number of hydrogen-bond donors (Lipinski definition) is 0. The van der Waals surface area contributed by atoms with Crippen LogP contribution in [-0.4, -0.2) is 55.4 Å². The third kappa shape index (κ3) is 3.67. The van der Waals surface area contributed by atoms with E-state index < -0.39 is 0 Å². The van der Waals surface area contributed by atoms with Gasteiger partial charge in [0.15, 0.2) is 0 Å². The summed E-state index contributed by atoms with van der Waals surface area (Å²) in [5, 5.41) is 0.511. The monoisotopic (exact) mass is 310 g/mol. The number of methoxy groups -OCH3 is 1. The highest BCUT2D eigenvalue weighted by Gasteiger charge is 2.21. The van der Waals surface area contributed by atoms with Gasteiger partial charge in [-0.1, -0.05) is 11.6 Å². The molecular formula is C15H19ClN2O3. The Kier molecular flexibility index (Phi) is 5.07. The zero-order valence-corrected chi connectivity index (χ0v) is 13.0. The molecule has 0 N–H and O–H groups in total. The molecule has 1 aromatic carbocycles. The number of halogens is 1. The highest BCUT2D eigenvalue weighted by Crippen LogP contribution is 2.28. The van der Waals surface area contributed by atoms with Crippen molar-refractivity contribution >= 4 is 23.9 Å². The molecule has 21 heavy (non-hydrogen) atoms. The Morgan fingerprint density at radius 1 is 1.33 bits per heavy atom. The molecule has 0 bridgehead atoms. The molecule has 6 heteroatoms. The second-order valence-electron chi connectivity index (χ2n) is 5.11. The van der Waals surface area contributed by atoms with E-state index in [0.717, 1.165) is 17.5 Å². The van der Waals surface area contributed by atoms with Gasteiger partial charge in [-0.2, -0.15) is 0 Å². The summed E-state index contributed by atoms with van der Waals surface area (Å²) < 4.78 is 5.16. The van der Waals surface area contributed by atoms with Gasteiger partial charge in [0.2, 0.25) is 12.3 Å². The fourth-order valence-corrected chi connectivity index (χ4v) is 2.66. The van der Waals surface area contributed by atoms with Gasteiger partial charge in [-0.3, -0.25) is 9.59 Å². The van der Waals surface area contributed by atoms with Crippen LogP contribution in [0.5, 0.6) is 5.75 Å². The van der Waals surface area contributed by atoms with Gasteiger partial charge in [0.25, 0.3) is 0 Å². The molecule has 0 atom stereocenters. The first-order valence-corrected chi connectivity index (χ1v) is 7.23. The van der Waals surface area contributed by atoms with Crippen molar-refractivity contribution < 1.29 is 14.3 Å². The largest absolute Gasteiger partial charge is 0.495 e. The number of piperazine rings is 1. The summed E-state index contributed by atoms with van der Waals surface area (Å²) in [6.45, 7) is 4.29. The molecule has 0 aromatic heterocycles. The maximum absolute atomic E-state index is 12.3. The van der Waals surface area contributed by atoms with Crippen molar-refractivity contribution in [2.75, 3.05) is 33.3 Å². The number of carbonyl (C=O) groups is 2. The van der Waals surface area contributed by atoms with Gasteiger partial charge in [-0.15, -0.1) is 0 Å². The third-order valence-electron chi connectivity index (χ3n) is 3.77. The SMILES string of the molecule is COc1cc(C)c(CC(=O)N2CCN(C=O)CC2)cc1Cl. The van der Waals surface area contributed by atoms with Crippen LogP contribution in [0.4, 0.5) is 0 Å². The molecule has 114 valence electrons. The van der Waals surface area contributed by atoms with E-state index in [1.165, 1.54) is 0 Å². The predicted octanol–water partition coefficient (Wildman–Crippen LogP) is 1.50. The molecule has 1 aliphatic heterocycles. The molecule has 1 saturated heterocycles. The molecule has 0 spiro atoms. The van der Waals surface area contributed by atoms with E-state index in [1.807, 2.05) is 13.0 Å². The molecule has 0 aliphatic carbocycles. The number of rotatable bonds is 4. The van der Waals surface area contributed by atoms with Gasteiger partial charge in [-0.25, -0.2) is 0 Å². The first-order chi connectivity index (χ1) is 10.0. The molecule has 1 heterocycles. The minimum atomic E-state index is 0.0601. The van der Waals surface area contributed by atoms with E-state index >= 15 is 0 Å². The van der Waals surface area contributed by atoms with E-state index in [2.05, 4.69) is 0 Å². The molecule has 2 rings (SSSR count). The second-order valence-corrected chi connectivity index (χ2v) is 5.52. The van der Waals surface area contributed by atoms with E-state index in [1.54, 1.807) is 23.0 Å². The smallest absolute Gasteiger partial charge is 0.227 e. The molecule has 1 aliphatic rings.